The Balaban J connectivity index is 0.000000157. The van der Waals surface area contributed by atoms with Crippen LogP contribution in [-0.2, 0) is 0 Å². The molecule has 0 aliphatic heterocycles. The number of hydrogen-bond donors (Lipinski definition) is 0. The van der Waals surface area contributed by atoms with Crippen LogP contribution in [0.3, 0.4) is 0 Å². The second kappa shape index (κ2) is 8.16. The largest absolute Gasteiger partial charge is 0.461 e. The van der Waals surface area contributed by atoms with Crippen molar-refractivity contribution in [2.75, 3.05) is 0 Å². The van der Waals surface area contributed by atoms with Crippen molar-refractivity contribution in [2.24, 2.45) is 0 Å². The van der Waals surface area contributed by atoms with Crippen LogP contribution >= 0.6 is 0 Å². The quantitative estimate of drug-likeness (QED) is 0.382. The van der Waals surface area contributed by atoms with Crippen LogP contribution in [0, 0.1) is 6.92 Å². The van der Waals surface area contributed by atoms with Crippen molar-refractivity contribution in [3.8, 4) is 11.1 Å². The number of rotatable bonds is 2. The molecular weight excluding hydrogens is 304 g/mol. The third-order valence-electron chi connectivity index (χ3n) is 3.93. The Morgan fingerprint density at radius 1 is 0.720 bits per heavy atom. The van der Waals surface area contributed by atoms with Crippen molar-refractivity contribution in [3.05, 3.63) is 102 Å². The number of benzene rings is 3. The minimum atomic E-state index is 0.972. The Labute approximate surface area is 149 Å². The molecule has 1 heterocycles. The van der Waals surface area contributed by atoms with Crippen molar-refractivity contribution in [1.82, 2.24) is 0 Å². The van der Waals surface area contributed by atoms with Crippen LogP contribution in [0.15, 0.2) is 95.4 Å². The van der Waals surface area contributed by atoms with Gasteiger partial charge >= 0.3 is 0 Å². The van der Waals surface area contributed by atoms with Gasteiger partial charge in [0.15, 0.2) is 0 Å². The van der Waals surface area contributed by atoms with Gasteiger partial charge in [-0.1, -0.05) is 84.9 Å². The SMILES string of the molecule is C/C=C/c1ccc(-c2ccccc2)cc1.Cc1cc2ccccc2o1. The Morgan fingerprint density at radius 3 is 2.04 bits per heavy atom. The minimum absolute atomic E-state index is 0.972. The molecule has 1 heteroatoms. The van der Waals surface area contributed by atoms with Gasteiger partial charge in [0.05, 0.1) is 0 Å². The topological polar surface area (TPSA) is 13.1 Å². The first-order valence-electron chi connectivity index (χ1n) is 8.49. The summed E-state index contributed by atoms with van der Waals surface area (Å²) in [5.41, 5.74) is 4.76. The van der Waals surface area contributed by atoms with Crippen molar-refractivity contribution < 1.29 is 4.42 Å². The fourth-order valence-corrected chi connectivity index (χ4v) is 2.72. The zero-order valence-electron chi connectivity index (χ0n) is 14.6. The fraction of sp³-hybridized carbons (Fsp3) is 0.0833. The van der Waals surface area contributed by atoms with E-state index in [1.807, 2.05) is 50.2 Å². The van der Waals surface area contributed by atoms with E-state index in [9.17, 15) is 0 Å². The van der Waals surface area contributed by atoms with E-state index < -0.39 is 0 Å². The van der Waals surface area contributed by atoms with E-state index in [0.717, 1.165) is 11.3 Å². The first-order chi connectivity index (χ1) is 12.3. The predicted molar refractivity (Wildman–Crippen MR) is 108 cm³/mol. The van der Waals surface area contributed by atoms with E-state index >= 15 is 0 Å². The third kappa shape index (κ3) is 4.48. The summed E-state index contributed by atoms with van der Waals surface area (Å²) in [4.78, 5) is 0. The lowest BCUT2D eigenvalue weighted by Crippen LogP contribution is -1.77. The summed E-state index contributed by atoms with van der Waals surface area (Å²) < 4.78 is 5.37. The van der Waals surface area contributed by atoms with Crippen LogP contribution in [0.5, 0.6) is 0 Å². The van der Waals surface area contributed by atoms with E-state index in [1.54, 1.807) is 0 Å². The molecule has 0 fully saturated rings. The maximum atomic E-state index is 5.37. The highest BCUT2D eigenvalue weighted by Crippen LogP contribution is 2.19. The average Bonchev–Trinajstić information content (AvgIpc) is 3.04. The summed E-state index contributed by atoms with van der Waals surface area (Å²) in [5, 5.41) is 1.18. The Bertz CT molecular complexity index is 911. The summed E-state index contributed by atoms with van der Waals surface area (Å²) in [6.45, 7) is 3.99. The van der Waals surface area contributed by atoms with E-state index in [4.69, 9.17) is 4.42 Å². The van der Waals surface area contributed by atoms with Crippen molar-refractivity contribution >= 4 is 17.0 Å². The molecule has 0 saturated carbocycles. The zero-order valence-corrected chi connectivity index (χ0v) is 14.6. The van der Waals surface area contributed by atoms with Crippen molar-refractivity contribution in [3.63, 3.8) is 0 Å². The van der Waals surface area contributed by atoms with Gasteiger partial charge in [-0.15, -0.1) is 0 Å². The molecule has 0 amide bonds. The lowest BCUT2D eigenvalue weighted by atomic mass is 10.0. The monoisotopic (exact) mass is 326 g/mol. The maximum Gasteiger partial charge on any atom is 0.134 e. The lowest BCUT2D eigenvalue weighted by Gasteiger charge is -2.01. The molecule has 25 heavy (non-hydrogen) atoms. The number of para-hydroxylation sites is 1. The van der Waals surface area contributed by atoms with E-state index in [1.165, 1.54) is 22.1 Å². The summed E-state index contributed by atoms with van der Waals surface area (Å²) >= 11 is 0. The molecule has 124 valence electrons. The molecule has 4 aromatic rings. The van der Waals surface area contributed by atoms with Gasteiger partial charge in [0.2, 0.25) is 0 Å². The fourth-order valence-electron chi connectivity index (χ4n) is 2.72. The molecule has 0 aliphatic rings. The number of aryl methyl sites for hydroxylation is 1. The van der Waals surface area contributed by atoms with Crippen LogP contribution in [0.1, 0.15) is 18.2 Å². The predicted octanol–water partition coefficient (Wildman–Crippen LogP) is 7.13. The summed E-state index contributed by atoms with van der Waals surface area (Å²) in [6.07, 6.45) is 4.16. The van der Waals surface area contributed by atoms with Gasteiger partial charge in [0.25, 0.3) is 0 Å². The molecule has 0 aliphatic carbocycles. The first kappa shape index (κ1) is 16.8. The van der Waals surface area contributed by atoms with Crippen LogP contribution in [0.4, 0.5) is 0 Å². The molecule has 0 spiro atoms. The molecule has 1 nitrogen and oxygen atoms in total. The molecule has 0 N–H and O–H groups in total. The second-order valence-electron chi connectivity index (χ2n) is 5.88. The molecule has 4 rings (SSSR count). The van der Waals surface area contributed by atoms with Crippen LogP contribution < -0.4 is 0 Å². The van der Waals surface area contributed by atoms with Gasteiger partial charge in [0.1, 0.15) is 11.3 Å². The highest BCUT2D eigenvalue weighted by atomic mass is 16.3. The maximum absolute atomic E-state index is 5.37. The van der Waals surface area contributed by atoms with Crippen molar-refractivity contribution in [2.45, 2.75) is 13.8 Å². The highest BCUT2D eigenvalue weighted by molar-refractivity contribution is 5.77. The summed E-state index contributed by atoms with van der Waals surface area (Å²) in [7, 11) is 0. The molecule has 0 bridgehead atoms. The number of hydrogen-bond acceptors (Lipinski definition) is 1. The lowest BCUT2D eigenvalue weighted by molar-refractivity contribution is 0.578. The normalized spacial score (nSPS) is 10.6. The average molecular weight is 326 g/mol. The number of furan rings is 1. The molecule has 0 radical (unpaired) electrons. The van der Waals surface area contributed by atoms with Gasteiger partial charge in [-0.3, -0.25) is 0 Å². The molecule has 1 aromatic heterocycles. The Morgan fingerprint density at radius 2 is 1.36 bits per heavy atom. The Kier molecular flexibility index (Phi) is 5.48. The molecule has 0 unspecified atom stereocenters. The first-order valence-corrected chi connectivity index (χ1v) is 8.49. The van der Waals surface area contributed by atoms with Crippen LogP contribution in [0.25, 0.3) is 28.2 Å². The number of fused-ring (bicyclic) bond motifs is 1. The highest BCUT2D eigenvalue weighted by Gasteiger charge is 1.96. The van der Waals surface area contributed by atoms with Gasteiger partial charge in [-0.2, -0.15) is 0 Å². The van der Waals surface area contributed by atoms with Gasteiger partial charge in [-0.25, -0.2) is 0 Å². The van der Waals surface area contributed by atoms with E-state index in [0.29, 0.717) is 0 Å². The second-order valence-corrected chi connectivity index (χ2v) is 5.88. The third-order valence-corrected chi connectivity index (χ3v) is 3.93. The van der Waals surface area contributed by atoms with Crippen LogP contribution in [-0.4, -0.2) is 0 Å². The molecule has 0 saturated heterocycles. The zero-order chi connectivity index (χ0) is 17.5. The molecule has 3 aromatic carbocycles. The molecular formula is C24H22O. The van der Waals surface area contributed by atoms with E-state index in [-0.39, 0.29) is 0 Å². The minimum Gasteiger partial charge on any atom is -0.461 e. The van der Waals surface area contributed by atoms with Gasteiger partial charge < -0.3 is 4.42 Å². The van der Waals surface area contributed by atoms with Gasteiger partial charge in [0, 0.05) is 5.39 Å². The smallest absolute Gasteiger partial charge is 0.134 e. The van der Waals surface area contributed by atoms with Crippen LogP contribution in [0.2, 0.25) is 0 Å². The standard InChI is InChI=1S/C15H14.C9H8O/c1-2-6-13-9-11-15(12-10-13)14-7-4-3-5-8-14;1-7-6-8-4-2-3-5-9(8)10-7/h2-12H,1H3;2-6H,1H3/b6-2+;. The number of allylic oxidation sites excluding steroid dienone is 1. The Hall–Kier alpha value is -3.06. The van der Waals surface area contributed by atoms with Gasteiger partial charge in [-0.05, 0) is 42.7 Å². The van der Waals surface area contributed by atoms with E-state index in [2.05, 4.69) is 60.7 Å². The van der Waals surface area contributed by atoms with Crippen molar-refractivity contribution in [1.29, 1.82) is 0 Å². The molecule has 0 atom stereocenters. The summed E-state index contributed by atoms with van der Waals surface area (Å²) in [6, 6.07) is 29.1. The summed E-state index contributed by atoms with van der Waals surface area (Å²) in [5.74, 6) is 0.973.